The first-order valence-corrected chi connectivity index (χ1v) is 10.9. The van der Waals surface area contributed by atoms with Crippen LogP contribution in [0.4, 0.5) is 11.4 Å². The molecule has 0 fully saturated rings. The van der Waals surface area contributed by atoms with E-state index < -0.39 is 10.0 Å². The van der Waals surface area contributed by atoms with Crippen LogP contribution in [0.15, 0.2) is 42.5 Å². The Morgan fingerprint density at radius 3 is 2.26 bits per heavy atom. The van der Waals surface area contributed by atoms with Gasteiger partial charge in [-0.05, 0) is 62.6 Å². The minimum Gasteiger partial charge on any atom is -0.313 e. The third-order valence-corrected chi connectivity index (χ3v) is 5.67. The van der Waals surface area contributed by atoms with Crippen LogP contribution in [0.25, 0.3) is 0 Å². The summed E-state index contributed by atoms with van der Waals surface area (Å²) in [5, 5.41) is 0. The van der Waals surface area contributed by atoms with Crippen molar-refractivity contribution in [2.45, 2.75) is 34.1 Å². The maximum Gasteiger partial charge on any atom is 0.232 e. The maximum atomic E-state index is 12.8. The van der Waals surface area contributed by atoms with E-state index in [2.05, 4.69) is 0 Å². The van der Waals surface area contributed by atoms with Crippen LogP contribution in [0.5, 0.6) is 0 Å². The molecule has 0 saturated carbocycles. The van der Waals surface area contributed by atoms with Gasteiger partial charge in [-0.3, -0.25) is 9.10 Å². The number of benzene rings is 2. The van der Waals surface area contributed by atoms with Crippen LogP contribution in [0.1, 0.15) is 30.0 Å². The van der Waals surface area contributed by atoms with Gasteiger partial charge in [-0.25, -0.2) is 8.42 Å². The van der Waals surface area contributed by atoms with Gasteiger partial charge in [0.15, 0.2) is 0 Å². The third-order valence-electron chi connectivity index (χ3n) is 4.49. The van der Waals surface area contributed by atoms with Gasteiger partial charge in [-0.1, -0.05) is 24.3 Å². The van der Waals surface area contributed by atoms with Crippen molar-refractivity contribution in [3.63, 3.8) is 0 Å². The largest absolute Gasteiger partial charge is 0.313 e. The SMILES string of the molecule is CCN(C(=O)CCN(c1cc(C)ccc1C)S(C)(=O)=O)c1cccc(C)c1. The molecule has 6 heteroatoms. The van der Waals surface area contributed by atoms with Crippen molar-refractivity contribution in [3.05, 3.63) is 59.2 Å². The van der Waals surface area contributed by atoms with Crippen LogP contribution in [0.3, 0.4) is 0 Å². The first kappa shape index (κ1) is 21.0. The quantitative estimate of drug-likeness (QED) is 0.724. The molecule has 2 aromatic rings. The Bertz CT molecular complexity index is 923. The average molecular weight is 389 g/mol. The van der Waals surface area contributed by atoms with E-state index in [-0.39, 0.29) is 18.9 Å². The van der Waals surface area contributed by atoms with E-state index in [9.17, 15) is 13.2 Å². The van der Waals surface area contributed by atoms with Gasteiger partial charge in [0.05, 0.1) is 11.9 Å². The van der Waals surface area contributed by atoms with E-state index in [1.165, 1.54) is 10.6 Å². The Labute approximate surface area is 162 Å². The number of sulfonamides is 1. The molecule has 0 spiro atoms. The lowest BCUT2D eigenvalue weighted by Crippen LogP contribution is -2.37. The van der Waals surface area contributed by atoms with Gasteiger partial charge in [0.2, 0.25) is 15.9 Å². The Morgan fingerprint density at radius 2 is 1.67 bits per heavy atom. The smallest absolute Gasteiger partial charge is 0.232 e. The summed E-state index contributed by atoms with van der Waals surface area (Å²) in [6.07, 6.45) is 1.29. The Balaban J connectivity index is 2.24. The summed E-state index contributed by atoms with van der Waals surface area (Å²) in [6.45, 7) is 8.34. The van der Waals surface area contributed by atoms with Crippen molar-refractivity contribution in [2.75, 3.05) is 28.6 Å². The van der Waals surface area contributed by atoms with Crippen molar-refractivity contribution in [3.8, 4) is 0 Å². The molecule has 2 rings (SSSR count). The Morgan fingerprint density at radius 1 is 1.00 bits per heavy atom. The molecule has 1 amide bonds. The predicted octanol–water partition coefficient (Wildman–Crippen LogP) is 3.82. The minimum atomic E-state index is -3.49. The average Bonchev–Trinajstić information content (AvgIpc) is 2.57. The van der Waals surface area contributed by atoms with E-state index in [4.69, 9.17) is 0 Å². The van der Waals surface area contributed by atoms with Crippen molar-refractivity contribution >= 4 is 27.3 Å². The molecule has 0 aromatic heterocycles. The number of carbonyl (C=O) groups excluding carboxylic acids is 1. The highest BCUT2D eigenvalue weighted by atomic mass is 32.2. The van der Waals surface area contributed by atoms with Gasteiger partial charge in [-0.15, -0.1) is 0 Å². The lowest BCUT2D eigenvalue weighted by molar-refractivity contribution is -0.118. The fourth-order valence-electron chi connectivity index (χ4n) is 3.08. The molecule has 2 aromatic carbocycles. The summed E-state index contributed by atoms with van der Waals surface area (Å²) in [5.41, 5.74) is 4.38. The maximum absolute atomic E-state index is 12.8. The zero-order chi connectivity index (χ0) is 20.2. The predicted molar refractivity (Wildman–Crippen MR) is 112 cm³/mol. The van der Waals surface area contributed by atoms with Crippen LogP contribution in [-0.2, 0) is 14.8 Å². The van der Waals surface area contributed by atoms with Crippen LogP contribution in [0, 0.1) is 20.8 Å². The van der Waals surface area contributed by atoms with E-state index in [0.717, 1.165) is 22.4 Å². The van der Waals surface area contributed by atoms with Gasteiger partial charge < -0.3 is 4.90 Å². The molecule has 0 saturated heterocycles. The number of aryl methyl sites for hydroxylation is 3. The van der Waals surface area contributed by atoms with Crippen LogP contribution < -0.4 is 9.21 Å². The molecule has 0 radical (unpaired) electrons. The molecular weight excluding hydrogens is 360 g/mol. The lowest BCUT2D eigenvalue weighted by Gasteiger charge is -2.26. The number of hydrogen-bond acceptors (Lipinski definition) is 3. The number of nitrogens with zero attached hydrogens (tertiary/aromatic N) is 2. The molecule has 146 valence electrons. The van der Waals surface area contributed by atoms with Crippen LogP contribution in [0.2, 0.25) is 0 Å². The van der Waals surface area contributed by atoms with E-state index in [0.29, 0.717) is 12.2 Å². The van der Waals surface area contributed by atoms with Gasteiger partial charge >= 0.3 is 0 Å². The van der Waals surface area contributed by atoms with E-state index >= 15 is 0 Å². The topological polar surface area (TPSA) is 57.7 Å². The molecule has 27 heavy (non-hydrogen) atoms. The summed E-state index contributed by atoms with van der Waals surface area (Å²) in [5.74, 6) is -0.0953. The molecule has 0 unspecified atom stereocenters. The van der Waals surface area contributed by atoms with Crippen molar-refractivity contribution in [2.24, 2.45) is 0 Å². The van der Waals surface area contributed by atoms with Gasteiger partial charge in [-0.2, -0.15) is 0 Å². The van der Waals surface area contributed by atoms with Gasteiger partial charge in [0, 0.05) is 25.2 Å². The number of anilines is 2. The van der Waals surface area contributed by atoms with Crippen molar-refractivity contribution in [1.29, 1.82) is 0 Å². The minimum absolute atomic E-state index is 0.0953. The molecule has 5 nitrogen and oxygen atoms in total. The summed E-state index contributed by atoms with van der Waals surface area (Å²) in [7, 11) is -3.49. The molecule has 0 aliphatic heterocycles. The molecule has 0 atom stereocenters. The Kier molecular flexibility index (Phi) is 6.65. The summed E-state index contributed by atoms with van der Waals surface area (Å²) in [6, 6.07) is 13.4. The normalized spacial score (nSPS) is 11.3. The summed E-state index contributed by atoms with van der Waals surface area (Å²) < 4.78 is 26.1. The second-order valence-electron chi connectivity index (χ2n) is 6.85. The fraction of sp³-hybridized carbons (Fsp3) is 0.381. The van der Waals surface area contributed by atoms with Crippen molar-refractivity contribution < 1.29 is 13.2 Å². The van der Waals surface area contributed by atoms with E-state index in [1.807, 2.05) is 70.2 Å². The number of hydrogen-bond donors (Lipinski definition) is 0. The third kappa shape index (κ3) is 5.32. The first-order chi connectivity index (χ1) is 12.6. The van der Waals surface area contributed by atoms with Gasteiger partial charge in [0.25, 0.3) is 0 Å². The number of carbonyl (C=O) groups is 1. The van der Waals surface area contributed by atoms with Gasteiger partial charge in [0.1, 0.15) is 0 Å². The second kappa shape index (κ2) is 8.57. The van der Waals surface area contributed by atoms with Crippen molar-refractivity contribution in [1.82, 2.24) is 0 Å². The number of amides is 1. The first-order valence-electron chi connectivity index (χ1n) is 9.05. The standard InChI is InChI=1S/C21H28N2O3S/c1-6-22(19-9-7-8-16(2)14-19)21(24)12-13-23(27(5,25)26)20-15-17(3)10-11-18(20)4/h7-11,14-15H,6,12-13H2,1-5H3. The van der Waals surface area contributed by atoms with Crippen LogP contribution >= 0.6 is 0 Å². The zero-order valence-corrected chi connectivity index (χ0v) is 17.5. The molecule has 0 aliphatic rings. The zero-order valence-electron chi connectivity index (χ0n) is 16.7. The highest BCUT2D eigenvalue weighted by Gasteiger charge is 2.22. The molecule has 0 bridgehead atoms. The molecule has 0 heterocycles. The highest BCUT2D eigenvalue weighted by molar-refractivity contribution is 7.92. The number of rotatable bonds is 7. The lowest BCUT2D eigenvalue weighted by atomic mass is 10.1. The second-order valence-corrected chi connectivity index (χ2v) is 8.76. The molecular formula is C21H28N2O3S. The Hall–Kier alpha value is -2.34. The summed E-state index contributed by atoms with van der Waals surface area (Å²) in [4.78, 5) is 14.5. The summed E-state index contributed by atoms with van der Waals surface area (Å²) >= 11 is 0. The molecule has 0 N–H and O–H groups in total. The van der Waals surface area contributed by atoms with Crippen LogP contribution in [-0.4, -0.2) is 33.7 Å². The molecule has 0 aliphatic carbocycles. The monoisotopic (exact) mass is 388 g/mol. The van der Waals surface area contributed by atoms with E-state index in [1.54, 1.807) is 4.90 Å². The highest BCUT2D eigenvalue weighted by Crippen LogP contribution is 2.25. The fourth-order valence-corrected chi connectivity index (χ4v) is 4.06.